The first-order valence-corrected chi connectivity index (χ1v) is 4.77. The number of hydrogen-bond acceptors (Lipinski definition) is 3. The predicted molar refractivity (Wildman–Crippen MR) is 55.0 cm³/mol. The predicted octanol–water partition coefficient (Wildman–Crippen LogP) is 1.63. The second-order valence-electron chi connectivity index (χ2n) is 3.51. The van der Waals surface area contributed by atoms with Gasteiger partial charge in [0, 0.05) is 24.6 Å². The highest BCUT2D eigenvalue weighted by Gasteiger charge is 2.27. The van der Waals surface area contributed by atoms with E-state index in [0.717, 1.165) is 11.3 Å². The van der Waals surface area contributed by atoms with Gasteiger partial charge in [-0.05, 0) is 19.4 Å². The van der Waals surface area contributed by atoms with Crippen LogP contribution in [0.25, 0.3) is 0 Å². The van der Waals surface area contributed by atoms with Crippen LogP contribution in [0.15, 0.2) is 18.3 Å². The molecule has 0 fully saturated rings. The maximum Gasteiger partial charge on any atom is 0.114 e. The maximum atomic E-state index is 10.2. The van der Waals surface area contributed by atoms with Gasteiger partial charge < -0.3 is 9.84 Å². The van der Waals surface area contributed by atoms with Crippen LogP contribution in [0.3, 0.4) is 0 Å². The number of nitrogens with zero attached hydrogens (tertiary/aromatic N) is 1. The van der Waals surface area contributed by atoms with E-state index in [4.69, 9.17) is 4.74 Å². The Labute approximate surface area is 84.7 Å². The largest absolute Gasteiger partial charge is 0.383 e. The Bertz CT molecular complexity index is 284. The van der Waals surface area contributed by atoms with Crippen LogP contribution in [0.5, 0.6) is 0 Å². The van der Waals surface area contributed by atoms with Crippen LogP contribution in [0.4, 0.5) is 0 Å². The highest BCUT2D eigenvalue weighted by molar-refractivity contribution is 5.20. The molecule has 3 heteroatoms. The summed E-state index contributed by atoms with van der Waals surface area (Å²) in [6.07, 6.45) is 2.32. The molecule has 0 radical (unpaired) electrons. The molecule has 0 bridgehead atoms. The summed E-state index contributed by atoms with van der Waals surface area (Å²) in [5.74, 6) is 0. The number of aliphatic hydroxyl groups is 1. The highest BCUT2D eigenvalue weighted by Crippen LogP contribution is 2.24. The third kappa shape index (κ3) is 2.30. The molecule has 1 aromatic rings. The first-order chi connectivity index (χ1) is 6.62. The summed E-state index contributed by atoms with van der Waals surface area (Å²) in [7, 11) is 1.59. The van der Waals surface area contributed by atoms with Gasteiger partial charge in [-0.2, -0.15) is 0 Å². The van der Waals surface area contributed by atoms with E-state index in [9.17, 15) is 5.11 Å². The summed E-state index contributed by atoms with van der Waals surface area (Å²) in [5, 5.41) is 10.2. The Balaban J connectivity index is 2.94. The van der Waals surface area contributed by atoms with Crippen molar-refractivity contribution in [2.75, 3.05) is 13.7 Å². The fourth-order valence-corrected chi connectivity index (χ4v) is 1.37. The summed E-state index contributed by atoms with van der Waals surface area (Å²) >= 11 is 0. The van der Waals surface area contributed by atoms with Crippen LogP contribution in [-0.2, 0) is 10.3 Å². The van der Waals surface area contributed by atoms with Crippen molar-refractivity contribution < 1.29 is 9.84 Å². The quantitative estimate of drug-likeness (QED) is 0.794. The number of rotatable bonds is 4. The van der Waals surface area contributed by atoms with Gasteiger partial charge in [0.2, 0.25) is 0 Å². The lowest BCUT2D eigenvalue weighted by atomic mass is 9.93. The van der Waals surface area contributed by atoms with Crippen LogP contribution in [0, 0.1) is 6.92 Å². The Hall–Kier alpha value is -0.930. The minimum absolute atomic E-state index is 0.300. The smallest absolute Gasteiger partial charge is 0.114 e. The van der Waals surface area contributed by atoms with Gasteiger partial charge in [0.05, 0.1) is 6.61 Å². The molecule has 1 unspecified atom stereocenters. The van der Waals surface area contributed by atoms with Gasteiger partial charge in [0.1, 0.15) is 5.60 Å². The zero-order chi connectivity index (χ0) is 10.6. The summed E-state index contributed by atoms with van der Waals surface area (Å²) in [4.78, 5) is 4.16. The molecule has 1 rings (SSSR count). The molecule has 1 heterocycles. The number of aromatic nitrogens is 1. The van der Waals surface area contributed by atoms with Crippen molar-refractivity contribution >= 4 is 0 Å². The van der Waals surface area contributed by atoms with Crippen molar-refractivity contribution in [1.29, 1.82) is 0 Å². The molecule has 78 valence electrons. The summed E-state index contributed by atoms with van der Waals surface area (Å²) in [6.45, 7) is 4.15. The summed E-state index contributed by atoms with van der Waals surface area (Å²) in [6, 6.07) is 3.79. The minimum atomic E-state index is -0.907. The average Bonchev–Trinajstić information content (AvgIpc) is 2.19. The van der Waals surface area contributed by atoms with E-state index in [2.05, 4.69) is 4.98 Å². The molecule has 3 nitrogen and oxygen atoms in total. The van der Waals surface area contributed by atoms with Crippen molar-refractivity contribution in [3.63, 3.8) is 0 Å². The Morgan fingerprint density at radius 3 is 2.64 bits per heavy atom. The van der Waals surface area contributed by atoms with Gasteiger partial charge >= 0.3 is 0 Å². The van der Waals surface area contributed by atoms with Gasteiger partial charge in [-0.25, -0.2) is 0 Å². The van der Waals surface area contributed by atoms with E-state index >= 15 is 0 Å². The van der Waals surface area contributed by atoms with E-state index in [-0.39, 0.29) is 0 Å². The van der Waals surface area contributed by atoms with E-state index < -0.39 is 5.60 Å². The van der Waals surface area contributed by atoms with Gasteiger partial charge in [-0.15, -0.1) is 0 Å². The molecule has 0 saturated carbocycles. The van der Waals surface area contributed by atoms with Crippen LogP contribution in [0.1, 0.15) is 24.6 Å². The highest BCUT2D eigenvalue weighted by atomic mass is 16.5. The van der Waals surface area contributed by atoms with Crippen molar-refractivity contribution in [2.24, 2.45) is 0 Å². The third-order valence-electron chi connectivity index (χ3n) is 2.42. The SMILES string of the molecule is CCC(O)(COC)c1ccc(C)nc1. The number of ether oxygens (including phenoxy) is 1. The van der Waals surface area contributed by atoms with Gasteiger partial charge in [-0.3, -0.25) is 4.98 Å². The van der Waals surface area contributed by atoms with Crippen molar-refractivity contribution in [3.8, 4) is 0 Å². The lowest BCUT2D eigenvalue weighted by Gasteiger charge is -2.25. The van der Waals surface area contributed by atoms with Crippen LogP contribution >= 0.6 is 0 Å². The fraction of sp³-hybridized carbons (Fsp3) is 0.545. The van der Waals surface area contributed by atoms with Crippen molar-refractivity contribution in [3.05, 3.63) is 29.6 Å². The molecule has 1 atom stereocenters. The topological polar surface area (TPSA) is 42.4 Å². The Kier molecular flexibility index (Phi) is 3.61. The zero-order valence-electron chi connectivity index (χ0n) is 8.95. The molecule has 0 aliphatic rings. The van der Waals surface area contributed by atoms with Gasteiger partial charge in [-0.1, -0.05) is 13.0 Å². The second-order valence-corrected chi connectivity index (χ2v) is 3.51. The molecule has 1 aromatic heterocycles. The molecule has 1 N–H and O–H groups in total. The van der Waals surface area contributed by atoms with E-state index in [0.29, 0.717) is 13.0 Å². The fourth-order valence-electron chi connectivity index (χ4n) is 1.37. The van der Waals surface area contributed by atoms with Gasteiger partial charge in [0.25, 0.3) is 0 Å². The summed E-state index contributed by atoms with van der Waals surface area (Å²) in [5.41, 5.74) is 0.854. The average molecular weight is 195 g/mol. The molecular weight excluding hydrogens is 178 g/mol. The molecule has 0 aromatic carbocycles. The van der Waals surface area contributed by atoms with Crippen LogP contribution in [-0.4, -0.2) is 23.8 Å². The second kappa shape index (κ2) is 4.53. The summed E-state index contributed by atoms with van der Waals surface area (Å²) < 4.78 is 5.00. The number of methoxy groups -OCH3 is 1. The zero-order valence-corrected chi connectivity index (χ0v) is 8.95. The molecule has 0 saturated heterocycles. The minimum Gasteiger partial charge on any atom is -0.383 e. The van der Waals surface area contributed by atoms with Crippen LogP contribution < -0.4 is 0 Å². The number of hydrogen-bond donors (Lipinski definition) is 1. The first kappa shape index (κ1) is 11.1. The number of aryl methyl sites for hydroxylation is 1. The maximum absolute atomic E-state index is 10.2. The van der Waals surface area contributed by atoms with Crippen molar-refractivity contribution in [1.82, 2.24) is 4.98 Å². The van der Waals surface area contributed by atoms with Crippen LogP contribution in [0.2, 0.25) is 0 Å². The third-order valence-corrected chi connectivity index (χ3v) is 2.42. The lowest BCUT2D eigenvalue weighted by Crippen LogP contribution is -2.30. The molecule has 0 spiro atoms. The van der Waals surface area contributed by atoms with E-state index in [1.807, 2.05) is 26.0 Å². The first-order valence-electron chi connectivity index (χ1n) is 4.77. The van der Waals surface area contributed by atoms with Crippen molar-refractivity contribution in [2.45, 2.75) is 25.9 Å². The molecule has 14 heavy (non-hydrogen) atoms. The monoisotopic (exact) mass is 195 g/mol. The van der Waals surface area contributed by atoms with Gasteiger partial charge in [0.15, 0.2) is 0 Å². The molecular formula is C11H17NO2. The molecule has 0 amide bonds. The Morgan fingerprint density at radius 2 is 2.21 bits per heavy atom. The number of pyridine rings is 1. The molecule has 0 aliphatic heterocycles. The molecule has 0 aliphatic carbocycles. The van der Waals surface area contributed by atoms with E-state index in [1.165, 1.54) is 0 Å². The van der Waals surface area contributed by atoms with E-state index in [1.54, 1.807) is 13.3 Å². The standard InChI is InChI=1S/C11H17NO2/c1-4-11(13,8-14-3)10-6-5-9(2)12-7-10/h5-7,13H,4,8H2,1-3H3. The normalized spacial score (nSPS) is 15.1. The lowest BCUT2D eigenvalue weighted by molar-refractivity contribution is -0.0388. The Morgan fingerprint density at radius 1 is 1.50 bits per heavy atom.